The maximum atomic E-state index is 10.6. The number of carbonyl (C=O) groups is 1. The van der Waals surface area contributed by atoms with Crippen LogP contribution in [-0.2, 0) is 0 Å². The second-order valence-corrected chi connectivity index (χ2v) is 1.42. The van der Waals surface area contributed by atoms with Crippen molar-refractivity contribution in [2.24, 2.45) is 0 Å². The molecule has 0 saturated carbocycles. The zero-order chi connectivity index (χ0) is 6.69. The van der Waals surface area contributed by atoms with Crippen molar-refractivity contribution in [2.45, 2.75) is 0 Å². The number of hydrogen-bond acceptors (Lipinski definition) is 2. The van der Waals surface area contributed by atoms with Gasteiger partial charge in [0.15, 0.2) is 0 Å². The van der Waals surface area contributed by atoms with Gasteiger partial charge in [0.25, 0.3) is 0 Å². The fourth-order valence-electron chi connectivity index (χ4n) is 0.454. The average molecular weight is 121 g/mol. The van der Waals surface area contributed by atoms with Crippen molar-refractivity contribution in [1.29, 1.82) is 0 Å². The molecule has 0 unspecified atom stereocenters. The Morgan fingerprint density at radius 1 is 1.78 bits per heavy atom. The van der Waals surface area contributed by atoms with Crippen LogP contribution in [0.15, 0.2) is 18.7 Å². The van der Waals surface area contributed by atoms with Gasteiger partial charge < -0.3 is 5.23 Å². The third kappa shape index (κ3) is 1.10. The van der Waals surface area contributed by atoms with Gasteiger partial charge in [-0.25, -0.2) is 9.78 Å². The van der Waals surface area contributed by atoms with Crippen LogP contribution in [0, 0.1) is 0 Å². The largest absolute Gasteiger partial charge is 0.391 e. The summed E-state index contributed by atoms with van der Waals surface area (Å²) >= 11 is 0. The number of hydrogen-bond donors (Lipinski definition) is 1. The van der Waals surface area contributed by atoms with Crippen LogP contribution in [0.4, 0.5) is 4.79 Å². The first-order valence-electron chi connectivity index (χ1n) is 2.33. The number of nitrogens with zero attached hydrogens (tertiary/aromatic N) is 2. The minimum Gasteiger partial charge on any atom is -0.391 e. The molecule has 0 aliphatic rings. The summed E-state index contributed by atoms with van der Waals surface area (Å²) in [6.45, 7) is 0. The molecular formula is C4H4BN3O. The number of carbonyl (C=O) groups excluding carboxylic acids is 1. The predicted octanol–water partition coefficient (Wildman–Crippen LogP) is -0.476. The number of amides is 1. The van der Waals surface area contributed by atoms with Gasteiger partial charge in [-0.05, 0) is 0 Å². The molecule has 0 atom stereocenters. The average Bonchev–Trinajstić information content (AvgIpc) is 2.37. The molecule has 0 aliphatic heterocycles. The van der Waals surface area contributed by atoms with E-state index in [1.54, 1.807) is 0 Å². The fourth-order valence-corrected chi connectivity index (χ4v) is 0.454. The van der Waals surface area contributed by atoms with Gasteiger partial charge in [0.05, 0.1) is 0 Å². The molecule has 0 aliphatic carbocycles. The van der Waals surface area contributed by atoms with E-state index in [-0.39, 0.29) is 0 Å². The third-order valence-corrected chi connectivity index (χ3v) is 0.862. The maximum Gasteiger partial charge on any atom is 0.313 e. The topological polar surface area (TPSA) is 46.9 Å². The van der Waals surface area contributed by atoms with Crippen molar-refractivity contribution >= 4 is 14.0 Å². The molecule has 1 amide bonds. The Hall–Kier alpha value is -1.26. The summed E-state index contributed by atoms with van der Waals surface area (Å²) in [5.74, 6) is 0. The van der Waals surface area contributed by atoms with Crippen molar-refractivity contribution in [3.05, 3.63) is 18.7 Å². The number of imidazole rings is 1. The summed E-state index contributed by atoms with van der Waals surface area (Å²) in [6, 6.07) is -0.396. The fraction of sp³-hybridized carbons (Fsp3) is 0. The summed E-state index contributed by atoms with van der Waals surface area (Å²) in [6.07, 6.45) is 4.36. The second kappa shape index (κ2) is 2.34. The lowest BCUT2D eigenvalue weighted by atomic mass is 10.4. The molecule has 0 fully saturated rings. The SMILES string of the molecule is [B]NC(=O)n1ccnc1. The quantitative estimate of drug-likeness (QED) is 0.471. The van der Waals surface area contributed by atoms with Gasteiger partial charge in [0, 0.05) is 12.4 Å². The van der Waals surface area contributed by atoms with Crippen LogP contribution >= 0.6 is 0 Å². The number of rotatable bonds is 0. The van der Waals surface area contributed by atoms with Gasteiger partial charge in [0.1, 0.15) is 6.33 Å². The van der Waals surface area contributed by atoms with Crippen LogP contribution in [0.3, 0.4) is 0 Å². The van der Waals surface area contributed by atoms with E-state index in [0.29, 0.717) is 0 Å². The van der Waals surface area contributed by atoms with Gasteiger partial charge in [0.2, 0.25) is 7.98 Å². The maximum absolute atomic E-state index is 10.6. The first-order valence-corrected chi connectivity index (χ1v) is 2.33. The molecule has 0 saturated heterocycles. The van der Waals surface area contributed by atoms with E-state index in [9.17, 15) is 4.79 Å². The Balaban J connectivity index is 2.77. The van der Waals surface area contributed by atoms with E-state index in [1.807, 2.05) is 5.23 Å². The highest BCUT2D eigenvalue weighted by atomic mass is 16.2. The molecule has 1 aromatic rings. The molecule has 1 aromatic heterocycles. The van der Waals surface area contributed by atoms with E-state index in [0.717, 1.165) is 0 Å². The minimum atomic E-state index is -0.396. The van der Waals surface area contributed by atoms with Crippen molar-refractivity contribution in [3.8, 4) is 0 Å². The minimum absolute atomic E-state index is 0.396. The van der Waals surface area contributed by atoms with Gasteiger partial charge >= 0.3 is 6.03 Å². The Morgan fingerprint density at radius 3 is 3.00 bits per heavy atom. The highest BCUT2D eigenvalue weighted by Crippen LogP contribution is 1.81. The zero-order valence-electron chi connectivity index (χ0n) is 4.61. The lowest BCUT2D eigenvalue weighted by Gasteiger charge is -1.95. The second-order valence-electron chi connectivity index (χ2n) is 1.42. The molecule has 2 radical (unpaired) electrons. The highest BCUT2D eigenvalue weighted by Gasteiger charge is 1.95. The summed E-state index contributed by atoms with van der Waals surface area (Å²) < 4.78 is 1.24. The lowest BCUT2D eigenvalue weighted by Crippen LogP contribution is -2.24. The lowest BCUT2D eigenvalue weighted by molar-refractivity contribution is 0.247. The summed E-state index contributed by atoms with van der Waals surface area (Å²) in [5.41, 5.74) is 0. The first-order chi connectivity index (χ1) is 4.34. The van der Waals surface area contributed by atoms with Crippen LogP contribution in [-0.4, -0.2) is 23.6 Å². The third-order valence-electron chi connectivity index (χ3n) is 0.862. The van der Waals surface area contributed by atoms with Crippen molar-refractivity contribution in [1.82, 2.24) is 14.8 Å². The monoisotopic (exact) mass is 121 g/mol. The van der Waals surface area contributed by atoms with Crippen LogP contribution in [0.1, 0.15) is 0 Å². The smallest absolute Gasteiger partial charge is 0.313 e. The van der Waals surface area contributed by atoms with Crippen LogP contribution in [0.2, 0.25) is 0 Å². The molecule has 1 rings (SSSR count). The van der Waals surface area contributed by atoms with Gasteiger partial charge in [-0.2, -0.15) is 0 Å². The molecular weight excluding hydrogens is 117 g/mol. The molecule has 5 heteroatoms. The summed E-state index contributed by atoms with van der Waals surface area (Å²) in [7, 11) is 4.82. The van der Waals surface area contributed by atoms with Gasteiger partial charge in [-0.3, -0.25) is 4.57 Å². The molecule has 9 heavy (non-hydrogen) atoms. The Bertz CT molecular complexity index is 196. The molecule has 4 nitrogen and oxygen atoms in total. The highest BCUT2D eigenvalue weighted by molar-refractivity contribution is 6.14. The molecule has 0 bridgehead atoms. The predicted molar refractivity (Wildman–Crippen MR) is 31.9 cm³/mol. The van der Waals surface area contributed by atoms with Crippen molar-refractivity contribution in [3.63, 3.8) is 0 Å². The molecule has 1 N–H and O–H groups in total. The van der Waals surface area contributed by atoms with E-state index in [4.69, 9.17) is 7.98 Å². The van der Waals surface area contributed by atoms with Gasteiger partial charge in [-0.15, -0.1) is 0 Å². The Kier molecular flexibility index (Phi) is 1.53. The Labute approximate surface area is 53.3 Å². The normalized spacial score (nSPS) is 8.89. The summed E-state index contributed by atoms with van der Waals surface area (Å²) in [5, 5.41) is 1.95. The van der Waals surface area contributed by atoms with Crippen LogP contribution < -0.4 is 5.23 Å². The van der Waals surface area contributed by atoms with E-state index in [2.05, 4.69) is 4.98 Å². The van der Waals surface area contributed by atoms with E-state index >= 15 is 0 Å². The standard InChI is InChI=1S/C4H4BN3O/c5-7-4(9)8-2-1-6-3-8/h1-3H,(H,7,9). The van der Waals surface area contributed by atoms with Crippen molar-refractivity contribution in [2.75, 3.05) is 0 Å². The van der Waals surface area contributed by atoms with Crippen LogP contribution in [0.25, 0.3) is 0 Å². The van der Waals surface area contributed by atoms with Crippen LogP contribution in [0.5, 0.6) is 0 Å². The number of aromatic nitrogens is 2. The van der Waals surface area contributed by atoms with E-state index in [1.165, 1.54) is 23.3 Å². The Morgan fingerprint density at radius 2 is 2.56 bits per heavy atom. The zero-order valence-corrected chi connectivity index (χ0v) is 4.61. The molecule has 0 aromatic carbocycles. The number of nitrogens with one attached hydrogen (secondary N) is 1. The first kappa shape index (κ1) is 5.87. The van der Waals surface area contributed by atoms with Crippen molar-refractivity contribution < 1.29 is 4.79 Å². The summed E-state index contributed by atoms with van der Waals surface area (Å²) in [4.78, 5) is 14.2. The van der Waals surface area contributed by atoms with E-state index < -0.39 is 6.03 Å². The molecule has 0 spiro atoms. The van der Waals surface area contributed by atoms with Gasteiger partial charge in [-0.1, -0.05) is 0 Å². The molecule has 44 valence electrons. The molecule has 1 heterocycles.